The summed E-state index contributed by atoms with van der Waals surface area (Å²) < 4.78 is 7.24. The maximum Gasteiger partial charge on any atom is 0.181 e. The number of thiophene rings is 1. The Hall–Kier alpha value is -1.99. The molecule has 3 heterocycles. The molecule has 1 fully saturated rings. The number of hydrogen-bond donors (Lipinski definition) is 1. The SMILES string of the molecule is CC(O)(Cc1cn(Cc2ncoc2C2CC2)nn1)c1cccs1. The van der Waals surface area contributed by atoms with E-state index in [0.717, 1.165) is 22.0 Å². The second-order valence-corrected chi connectivity index (χ2v) is 7.22. The van der Waals surface area contributed by atoms with Crippen LogP contribution >= 0.6 is 11.3 Å². The topological polar surface area (TPSA) is 77.0 Å². The van der Waals surface area contributed by atoms with Crippen molar-refractivity contribution in [2.75, 3.05) is 0 Å². The van der Waals surface area contributed by atoms with Crippen LogP contribution in [0.5, 0.6) is 0 Å². The molecule has 120 valence electrons. The Labute approximate surface area is 137 Å². The lowest BCUT2D eigenvalue weighted by Crippen LogP contribution is -2.23. The molecule has 0 bridgehead atoms. The van der Waals surface area contributed by atoms with E-state index in [1.54, 1.807) is 22.9 Å². The van der Waals surface area contributed by atoms with E-state index in [4.69, 9.17) is 4.42 Å². The molecule has 0 amide bonds. The summed E-state index contributed by atoms with van der Waals surface area (Å²) >= 11 is 1.54. The Morgan fingerprint density at radius 3 is 3.09 bits per heavy atom. The van der Waals surface area contributed by atoms with E-state index in [-0.39, 0.29) is 0 Å². The standard InChI is InChI=1S/C16H18N4O2S/c1-16(21,14-3-2-6-23-14)7-12-8-20(19-18-12)9-13-15(11-4-5-11)22-10-17-13/h2-3,6,8,10-11,21H,4-5,7,9H2,1H3. The molecular formula is C16H18N4O2S. The van der Waals surface area contributed by atoms with E-state index in [2.05, 4.69) is 15.3 Å². The average molecular weight is 330 g/mol. The molecular weight excluding hydrogens is 312 g/mol. The summed E-state index contributed by atoms with van der Waals surface area (Å²) in [6.45, 7) is 2.36. The fourth-order valence-corrected chi connectivity index (χ4v) is 3.54. The lowest BCUT2D eigenvalue weighted by atomic mass is 9.99. The van der Waals surface area contributed by atoms with Crippen LogP contribution in [0.4, 0.5) is 0 Å². The second kappa shape index (κ2) is 5.58. The van der Waals surface area contributed by atoms with E-state index in [0.29, 0.717) is 18.9 Å². The third-order valence-corrected chi connectivity index (χ3v) is 5.22. The predicted molar refractivity (Wildman–Crippen MR) is 85.2 cm³/mol. The van der Waals surface area contributed by atoms with Crippen molar-refractivity contribution in [3.8, 4) is 0 Å². The fourth-order valence-electron chi connectivity index (χ4n) is 2.75. The minimum Gasteiger partial charge on any atom is -0.448 e. The lowest BCUT2D eigenvalue weighted by molar-refractivity contribution is 0.0604. The summed E-state index contributed by atoms with van der Waals surface area (Å²) in [7, 11) is 0. The maximum absolute atomic E-state index is 10.6. The van der Waals surface area contributed by atoms with Crippen LogP contribution in [-0.4, -0.2) is 25.1 Å². The van der Waals surface area contributed by atoms with Gasteiger partial charge in [0.05, 0.1) is 12.2 Å². The van der Waals surface area contributed by atoms with Crippen LogP contribution in [0.25, 0.3) is 0 Å². The first-order valence-corrected chi connectivity index (χ1v) is 8.57. The summed E-state index contributed by atoms with van der Waals surface area (Å²) in [6.07, 6.45) is 6.15. The minimum absolute atomic E-state index is 0.432. The van der Waals surface area contributed by atoms with E-state index in [1.807, 2.05) is 23.7 Å². The number of nitrogens with zero attached hydrogens (tertiary/aromatic N) is 4. The first-order chi connectivity index (χ1) is 11.1. The molecule has 3 aromatic rings. The van der Waals surface area contributed by atoms with Crippen LogP contribution in [0, 0.1) is 0 Å². The monoisotopic (exact) mass is 330 g/mol. The molecule has 1 unspecified atom stereocenters. The van der Waals surface area contributed by atoms with Crippen molar-refractivity contribution in [1.29, 1.82) is 0 Å². The van der Waals surface area contributed by atoms with Crippen molar-refractivity contribution in [3.05, 3.63) is 52.1 Å². The van der Waals surface area contributed by atoms with Crippen molar-refractivity contribution >= 4 is 11.3 Å². The van der Waals surface area contributed by atoms with Crippen molar-refractivity contribution in [2.24, 2.45) is 0 Å². The van der Waals surface area contributed by atoms with Crippen LogP contribution < -0.4 is 0 Å². The van der Waals surface area contributed by atoms with Gasteiger partial charge in [0.25, 0.3) is 0 Å². The summed E-state index contributed by atoms with van der Waals surface area (Å²) in [6, 6.07) is 3.88. The van der Waals surface area contributed by atoms with Crippen molar-refractivity contribution in [2.45, 2.75) is 44.2 Å². The van der Waals surface area contributed by atoms with E-state index in [1.165, 1.54) is 19.2 Å². The van der Waals surface area contributed by atoms with Crippen molar-refractivity contribution in [3.63, 3.8) is 0 Å². The Morgan fingerprint density at radius 2 is 2.35 bits per heavy atom. The molecule has 1 aliphatic carbocycles. The molecule has 1 N–H and O–H groups in total. The summed E-state index contributed by atoms with van der Waals surface area (Å²) in [5, 5.41) is 20.9. The van der Waals surface area contributed by atoms with E-state index >= 15 is 0 Å². The van der Waals surface area contributed by atoms with Gasteiger partial charge in [-0.15, -0.1) is 16.4 Å². The fraction of sp³-hybridized carbons (Fsp3) is 0.438. The zero-order valence-electron chi connectivity index (χ0n) is 12.8. The molecule has 1 aliphatic rings. The molecule has 7 heteroatoms. The van der Waals surface area contributed by atoms with Gasteiger partial charge in [0.2, 0.25) is 0 Å². The number of aromatic nitrogens is 4. The summed E-state index contributed by atoms with van der Waals surface area (Å²) in [5.74, 6) is 1.50. The molecule has 23 heavy (non-hydrogen) atoms. The average Bonchev–Trinajstić information content (AvgIpc) is 2.97. The highest BCUT2D eigenvalue weighted by Gasteiger charge is 2.30. The van der Waals surface area contributed by atoms with Crippen LogP contribution in [0.1, 0.15) is 47.7 Å². The smallest absolute Gasteiger partial charge is 0.181 e. The number of aliphatic hydroxyl groups is 1. The van der Waals surface area contributed by atoms with Gasteiger partial charge in [0, 0.05) is 23.4 Å². The van der Waals surface area contributed by atoms with Crippen LogP contribution in [0.2, 0.25) is 0 Å². The lowest BCUT2D eigenvalue weighted by Gasteiger charge is -2.20. The zero-order chi connectivity index (χ0) is 15.9. The number of rotatable bonds is 6. The van der Waals surface area contributed by atoms with Crippen molar-refractivity contribution < 1.29 is 9.52 Å². The Kier molecular flexibility index (Phi) is 3.54. The Morgan fingerprint density at radius 1 is 1.48 bits per heavy atom. The normalized spacial score (nSPS) is 17.3. The van der Waals surface area contributed by atoms with Gasteiger partial charge < -0.3 is 9.52 Å². The highest BCUT2D eigenvalue weighted by molar-refractivity contribution is 7.10. The van der Waals surface area contributed by atoms with Gasteiger partial charge in [-0.1, -0.05) is 11.3 Å². The quantitative estimate of drug-likeness (QED) is 0.752. The molecule has 3 aromatic heterocycles. The highest BCUT2D eigenvalue weighted by atomic mass is 32.1. The molecule has 6 nitrogen and oxygen atoms in total. The molecule has 0 aromatic carbocycles. The van der Waals surface area contributed by atoms with Gasteiger partial charge in [0.1, 0.15) is 17.1 Å². The van der Waals surface area contributed by atoms with Gasteiger partial charge in [-0.2, -0.15) is 0 Å². The van der Waals surface area contributed by atoms with Crippen LogP contribution in [0.15, 0.2) is 34.5 Å². The summed E-state index contributed by atoms with van der Waals surface area (Å²) in [4.78, 5) is 5.22. The van der Waals surface area contributed by atoms with E-state index < -0.39 is 5.60 Å². The molecule has 0 aliphatic heterocycles. The minimum atomic E-state index is -0.928. The molecule has 0 spiro atoms. The van der Waals surface area contributed by atoms with Gasteiger partial charge >= 0.3 is 0 Å². The van der Waals surface area contributed by atoms with Crippen molar-refractivity contribution in [1.82, 2.24) is 20.0 Å². The Balaban J connectivity index is 1.47. The van der Waals surface area contributed by atoms with Gasteiger partial charge in [-0.3, -0.25) is 0 Å². The van der Waals surface area contributed by atoms with E-state index in [9.17, 15) is 5.11 Å². The van der Waals surface area contributed by atoms with Gasteiger partial charge in [0.15, 0.2) is 6.39 Å². The first kappa shape index (κ1) is 14.6. The molecule has 0 radical (unpaired) electrons. The first-order valence-electron chi connectivity index (χ1n) is 7.69. The van der Waals surface area contributed by atoms with Crippen LogP contribution in [0.3, 0.4) is 0 Å². The molecule has 0 saturated heterocycles. The Bertz CT molecular complexity index is 787. The number of hydrogen-bond acceptors (Lipinski definition) is 6. The number of oxazole rings is 1. The predicted octanol–water partition coefficient (Wildman–Crippen LogP) is 2.70. The largest absolute Gasteiger partial charge is 0.448 e. The summed E-state index contributed by atoms with van der Waals surface area (Å²) in [5.41, 5.74) is 0.760. The zero-order valence-corrected chi connectivity index (χ0v) is 13.7. The third kappa shape index (κ3) is 3.07. The highest BCUT2D eigenvalue weighted by Crippen LogP contribution is 2.41. The maximum atomic E-state index is 10.6. The third-order valence-electron chi connectivity index (χ3n) is 4.10. The second-order valence-electron chi connectivity index (χ2n) is 6.27. The molecule has 1 atom stereocenters. The molecule has 1 saturated carbocycles. The van der Waals surface area contributed by atoms with Gasteiger partial charge in [-0.05, 0) is 31.2 Å². The molecule has 4 rings (SSSR count). The van der Waals surface area contributed by atoms with Crippen LogP contribution in [-0.2, 0) is 18.6 Å². The van der Waals surface area contributed by atoms with Gasteiger partial charge in [-0.25, -0.2) is 9.67 Å².